The van der Waals surface area contributed by atoms with Crippen LogP contribution in [0.2, 0.25) is 0 Å². The zero-order valence-corrected chi connectivity index (χ0v) is 14.5. The summed E-state index contributed by atoms with van der Waals surface area (Å²) in [4.78, 5) is 14.7. The Labute approximate surface area is 143 Å². The van der Waals surface area contributed by atoms with E-state index in [0.717, 1.165) is 31.0 Å². The summed E-state index contributed by atoms with van der Waals surface area (Å²) in [6.07, 6.45) is 0.782. The van der Waals surface area contributed by atoms with Gasteiger partial charge in [0, 0.05) is 13.1 Å². The third-order valence-corrected chi connectivity index (χ3v) is 4.55. The van der Waals surface area contributed by atoms with Crippen LogP contribution in [0.1, 0.15) is 20.3 Å². The fraction of sp³-hybridized carbons (Fsp3) is 0.588. The molecule has 23 heavy (non-hydrogen) atoms. The van der Waals surface area contributed by atoms with Crippen molar-refractivity contribution in [1.82, 2.24) is 10.2 Å². The Hall–Kier alpha value is -1.46. The monoisotopic (exact) mass is 340 g/mol. The predicted octanol–water partition coefficient (Wildman–Crippen LogP) is 2.10. The molecule has 0 radical (unpaired) electrons. The number of nitrogens with zero attached hydrogens (tertiary/aromatic N) is 1. The number of fused-ring (bicyclic) bond motifs is 1. The summed E-state index contributed by atoms with van der Waals surface area (Å²) in [6, 6.07) is 7.66. The number of halogens is 1. The van der Waals surface area contributed by atoms with Gasteiger partial charge in [-0.15, -0.1) is 12.4 Å². The summed E-state index contributed by atoms with van der Waals surface area (Å²) in [5.74, 6) is 1.75. The molecule has 128 valence electrons. The van der Waals surface area contributed by atoms with Gasteiger partial charge in [-0.05, 0) is 38.9 Å². The molecular weight excluding hydrogens is 316 g/mol. The summed E-state index contributed by atoms with van der Waals surface area (Å²) < 4.78 is 11.7. The van der Waals surface area contributed by atoms with E-state index in [-0.39, 0.29) is 29.8 Å². The Kier molecular flexibility index (Phi) is 5.76. The number of hydrogen-bond acceptors (Lipinski definition) is 4. The SMILES string of the molecule is CCN(CC1COc2ccccc2O1)C(=O)C1(C)CCNC1.Cl. The lowest BCUT2D eigenvalue weighted by molar-refractivity contribution is -0.141. The molecule has 0 bridgehead atoms. The van der Waals surface area contributed by atoms with E-state index in [9.17, 15) is 4.79 Å². The minimum Gasteiger partial charge on any atom is -0.486 e. The van der Waals surface area contributed by atoms with Crippen molar-refractivity contribution in [3.8, 4) is 11.5 Å². The van der Waals surface area contributed by atoms with Crippen molar-refractivity contribution in [2.24, 2.45) is 5.41 Å². The van der Waals surface area contributed by atoms with Crippen molar-refractivity contribution in [2.45, 2.75) is 26.4 Å². The molecule has 0 aromatic heterocycles. The largest absolute Gasteiger partial charge is 0.486 e. The van der Waals surface area contributed by atoms with Gasteiger partial charge in [-0.1, -0.05) is 12.1 Å². The number of para-hydroxylation sites is 2. The summed E-state index contributed by atoms with van der Waals surface area (Å²) in [5, 5.41) is 3.29. The second kappa shape index (κ2) is 7.41. The molecule has 1 fully saturated rings. The first-order valence-electron chi connectivity index (χ1n) is 8.01. The van der Waals surface area contributed by atoms with Crippen LogP contribution >= 0.6 is 12.4 Å². The van der Waals surface area contributed by atoms with E-state index < -0.39 is 0 Å². The molecule has 0 aliphatic carbocycles. The first-order valence-corrected chi connectivity index (χ1v) is 8.01. The Morgan fingerprint density at radius 3 is 2.78 bits per heavy atom. The minimum absolute atomic E-state index is 0. The van der Waals surface area contributed by atoms with E-state index in [0.29, 0.717) is 19.7 Å². The molecule has 2 heterocycles. The molecule has 1 aromatic carbocycles. The summed E-state index contributed by atoms with van der Waals surface area (Å²) >= 11 is 0. The average molecular weight is 341 g/mol. The molecular formula is C17H25ClN2O3. The highest BCUT2D eigenvalue weighted by molar-refractivity contribution is 5.85. The topological polar surface area (TPSA) is 50.8 Å². The van der Waals surface area contributed by atoms with E-state index in [2.05, 4.69) is 5.32 Å². The number of benzene rings is 1. The van der Waals surface area contributed by atoms with Gasteiger partial charge in [0.1, 0.15) is 6.61 Å². The van der Waals surface area contributed by atoms with Gasteiger partial charge in [-0.2, -0.15) is 0 Å². The maximum atomic E-state index is 12.8. The highest BCUT2D eigenvalue weighted by Gasteiger charge is 2.39. The molecule has 0 saturated carbocycles. The van der Waals surface area contributed by atoms with Gasteiger partial charge in [0.15, 0.2) is 17.6 Å². The Morgan fingerprint density at radius 2 is 2.13 bits per heavy atom. The number of hydrogen-bond donors (Lipinski definition) is 1. The molecule has 3 rings (SSSR count). The number of rotatable bonds is 4. The number of ether oxygens (including phenoxy) is 2. The molecule has 1 N–H and O–H groups in total. The van der Waals surface area contributed by atoms with E-state index >= 15 is 0 Å². The maximum absolute atomic E-state index is 12.8. The second-order valence-corrected chi connectivity index (χ2v) is 6.33. The molecule has 0 spiro atoms. The second-order valence-electron chi connectivity index (χ2n) is 6.33. The first-order chi connectivity index (χ1) is 10.6. The van der Waals surface area contributed by atoms with Crippen molar-refractivity contribution in [2.75, 3.05) is 32.8 Å². The molecule has 1 amide bonds. The van der Waals surface area contributed by atoms with Crippen LogP contribution in [0.3, 0.4) is 0 Å². The average Bonchev–Trinajstić information content (AvgIpc) is 3.00. The van der Waals surface area contributed by atoms with Crippen LogP contribution < -0.4 is 14.8 Å². The number of carbonyl (C=O) groups excluding carboxylic acids is 1. The molecule has 1 saturated heterocycles. The fourth-order valence-corrected chi connectivity index (χ4v) is 3.14. The lowest BCUT2D eigenvalue weighted by atomic mass is 9.88. The first kappa shape index (κ1) is 17.9. The Balaban J connectivity index is 0.00000192. The zero-order valence-electron chi connectivity index (χ0n) is 13.7. The molecule has 5 nitrogen and oxygen atoms in total. The van der Waals surface area contributed by atoms with Crippen molar-refractivity contribution in [3.63, 3.8) is 0 Å². The van der Waals surface area contributed by atoms with Gasteiger partial charge in [-0.25, -0.2) is 0 Å². The van der Waals surface area contributed by atoms with Crippen LogP contribution in [0.25, 0.3) is 0 Å². The van der Waals surface area contributed by atoms with E-state index in [1.54, 1.807) is 0 Å². The zero-order chi connectivity index (χ0) is 15.6. The highest BCUT2D eigenvalue weighted by atomic mass is 35.5. The van der Waals surface area contributed by atoms with Gasteiger partial charge in [0.25, 0.3) is 0 Å². The minimum atomic E-state index is -0.288. The summed E-state index contributed by atoms with van der Waals surface area (Å²) in [6.45, 7) is 7.47. The standard InChI is InChI=1S/C17H24N2O3.ClH/c1-3-19(16(20)17(2)8-9-18-12-17)10-13-11-21-14-6-4-5-7-15(14)22-13;/h4-7,13,18H,3,8-12H2,1-2H3;1H. The van der Waals surface area contributed by atoms with E-state index in [4.69, 9.17) is 9.47 Å². The van der Waals surface area contributed by atoms with E-state index in [1.165, 1.54) is 0 Å². The van der Waals surface area contributed by atoms with Crippen LogP contribution in [0.15, 0.2) is 24.3 Å². The van der Waals surface area contributed by atoms with Gasteiger partial charge in [-0.3, -0.25) is 4.79 Å². The Bertz CT molecular complexity index is 546. The Morgan fingerprint density at radius 1 is 1.39 bits per heavy atom. The maximum Gasteiger partial charge on any atom is 0.229 e. The van der Waals surface area contributed by atoms with Gasteiger partial charge in [0.05, 0.1) is 12.0 Å². The number of nitrogens with one attached hydrogen (secondary N) is 1. The normalized spacial score (nSPS) is 25.6. The van der Waals surface area contributed by atoms with Crippen LogP contribution in [-0.4, -0.2) is 49.7 Å². The van der Waals surface area contributed by atoms with Crippen LogP contribution in [0.5, 0.6) is 11.5 Å². The number of carbonyl (C=O) groups is 1. The third kappa shape index (κ3) is 3.72. The molecule has 6 heteroatoms. The number of amides is 1. The van der Waals surface area contributed by atoms with Crippen LogP contribution in [0, 0.1) is 5.41 Å². The quantitative estimate of drug-likeness (QED) is 0.912. The van der Waals surface area contributed by atoms with Crippen molar-refractivity contribution in [1.29, 1.82) is 0 Å². The molecule has 2 aliphatic heterocycles. The molecule has 2 unspecified atom stereocenters. The van der Waals surface area contributed by atoms with Gasteiger partial charge < -0.3 is 19.7 Å². The van der Waals surface area contributed by atoms with Crippen LogP contribution in [-0.2, 0) is 4.79 Å². The van der Waals surface area contributed by atoms with E-state index in [1.807, 2.05) is 43.0 Å². The number of likely N-dealkylation sites (N-methyl/N-ethyl adjacent to an activating group) is 1. The molecule has 2 aliphatic rings. The smallest absolute Gasteiger partial charge is 0.229 e. The lowest BCUT2D eigenvalue weighted by Crippen LogP contribution is -2.49. The highest BCUT2D eigenvalue weighted by Crippen LogP contribution is 2.32. The van der Waals surface area contributed by atoms with Gasteiger partial charge >= 0.3 is 0 Å². The van der Waals surface area contributed by atoms with Crippen LogP contribution in [0.4, 0.5) is 0 Å². The third-order valence-electron chi connectivity index (χ3n) is 4.55. The predicted molar refractivity (Wildman–Crippen MR) is 91.4 cm³/mol. The fourth-order valence-electron chi connectivity index (χ4n) is 3.14. The van der Waals surface area contributed by atoms with Crippen molar-refractivity contribution < 1.29 is 14.3 Å². The molecule has 1 aromatic rings. The molecule has 2 atom stereocenters. The lowest BCUT2D eigenvalue weighted by Gasteiger charge is -2.34. The van der Waals surface area contributed by atoms with Gasteiger partial charge in [0.2, 0.25) is 5.91 Å². The van der Waals surface area contributed by atoms with Crippen molar-refractivity contribution >= 4 is 18.3 Å². The van der Waals surface area contributed by atoms with Crippen molar-refractivity contribution in [3.05, 3.63) is 24.3 Å². The summed E-state index contributed by atoms with van der Waals surface area (Å²) in [7, 11) is 0. The summed E-state index contributed by atoms with van der Waals surface area (Å²) in [5.41, 5.74) is -0.288.